The first kappa shape index (κ1) is 26.6. The predicted molar refractivity (Wildman–Crippen MR) is 155 cm³/mol. The second-order valence-electron chi connectivity index (χ2n) is 10.1. The fraction of sp³-hybridized carbons (Fsp3) is 0.258. The van der Waals surface area contributed by atoms with Crippen LogP contribution in [-0.2, 0) is 16.0 Å². The number of ether oxygens (including phenoxy) is 4. The molecular weight excluding hydrogens is 544 g/mol. The van der Waals surface area contributed by atoms with Crippen LogP contribution < -0.4 is 23.8 Å². The topological polar surface area (TPSA) is 107 Å². The van der Waals surface area contributed by atoms with Crippen molar-refractivity contribution in [1.29, 1.82) is 0 Å². The van der Waals surface area contributed by atoms with E-state index in [1.807, 2.05) is 32.0 Å². The molecule has 0 aliphatic carbocycles. The van der Waals surface area contributed by atoms with Gasteiger partial charge in [0.2, 0.25) is 5.75 Å². The fourth-order valence-electron chi connectivity index (χ4n) is 5.45. The zero-order valence-electron chi connectivity index (χ0n) is 23.2. The molecule has 3 heterocycles. The number of aliphatic hydroxyl groups excluding tert-OH is 1. The van der Waals surface area contributed by atoms with Crippen molar-refractivity contribution in [2.24, 2.45) is 0 Å². The van der Waals surface area contributed by atoms with Crippen LogP contribution in [0, 0.1) is 6.92 Å². The fourth-order valence-corrected chi connectivity index (χ4v) is 6.54. The Labute approximate surface area is 240 Å². The lowest BCUT2D eigenvalue weighted by molar-refractivity contribution is -0.132. The first-order valence-electron chi connectivity index (χ1n) is 13.0. The minimum Gasteiger partial charge on any atom is -0.507 e. The molecule has 1 amide bonds. The number of anilines is 1. The van der Waals surface area contributed by atoms with Crippen molar-refractivity contribution in [3.05, 3.63) is 76.4 Å². The molecule has 0 radical (unpaired) electrons. The maximum Gasteiger partial charge on any atom is 0.301 e. The van der Waals surface area contributed by atoms with Crippen molar-refractivity contribution in [3.8, 4) is 23.0 Å². The van der Waals surface area contributed by atoms with Gasteiger partial charge in [-0.1, -0.05) is 17.4 Å². The Bertz CT molecular complexity index is 1730. The number of fused-ring (bicyclic) bond motifs is 2. The Morgan fingerprint density at radius 2 is 1.76 bits per heavy atom. The highest BCUT2D eigenvalue weighted by Gasteiger charge is 2.48. The van der Waals surface area contributed by atoms with Gasteiger partial charge >= 0.3 is 5.91 Å². The van der Waals surface area contributed by atoms with Gasteiger partial charge in [-0.05, 0) is 73.0 Å². The summed E-state index contributed by atoms with van der Waals surface area (Å²) in [4.78, 5) is 33.5. The van der Waals surface area contributed by atoms with Gasteiger partial charge in [0.1, 0.15) is 17.6 Å². The highest BCUT2D eigenvalue weighted by molar-refractivity contribution is 7.22. The number of aromatic nitrogens is 1. The zero-order valence-corrected chi connectivity index (χ0v) is 24.0. The molecule has 4 aromatic rings. The van der Waals surface area contributed by atoms with Crippen LogP contribution in [0.3, 0.4) is 0 Å². The molecule has 2 aliphatic rings. The summed E-state index contributed by atoms with van der Waals surface area (Å²) in [7, 11) is 4.47. The van der Waals surface area contributed by atoms with Crippen molar-refractivity contribution in [3.63, 3.8) is 0 Å². The van der Waals surface area contributed by atoms with E-state index in [2.05, 4.69) is 0 Å². The van der Waals surface area contributed by atoms with Gasteiger partial charge in [0.15, 0.2) is 16.6 Å². The lowest BCUT2D eigenvalue weighted by atomic mass is 9.94. The number of hydrogen-bond donors (Lipinski definition) is 1. The lowest BCUT2D eigenvalue weighted by Gasteiger charge is -2.24. The molecule has 2 aliphatic heterocycles. The molecule has 2 atom stereocenters. The Morgan fingerprint density at radius 3 is 2.44 bits per heavy atom. The van der Waals surface area contributed by atoms with Gasteiger partial charge < -0.3 is 24.1 Å². The number of ketones is 1. The van der Waals surface area contributed by atoms with E-state index in [0.717, 1.165) is 21.6 Å². The third-order valence-corrected chi connectivity index (χ3v) is 8.37. The standard InChI is InChI=1S/C31H28N2O7S/c1-15-6-8-20-24(10-15)41-31(32-20)33-26(19-13-22(37-3)29(39-5)23(14-19)38-4)25(28(35)30(33)36)27(34)17-7-9-21-18(12-17)11-16(2)40-21/h6-10,12-14,16,26,34H,11H2,1-5H3/b27-25+/t16-,26-/m1/s1. The number of benzene rings is 3. The molecule has 6 rings (SSSR count). The number of rotatable bonds is 6. The van der Waals surface area contributed by atoms with E-state index in [9.17, 15) is 14.7 Å². The summed E-state index contributed by atoms with van der Waals surface area (Å²) in [6, 6.07) is 13.4. The van der Waals surface area contributed by atoms with Crippen LogP contribution in [0.15, 0.2) is 54.1 Å². The average molecular weight is 573 g/mol. The largest absolute Gasteiger partial charge is 0.507 e. The van der Waals surface area contributed by atoms with Crippen molar-refractivity contribution in [2.75, 3.05) is 26.2 Å². The smallest absolute Gasteiger partial charge is 0.301 e. The van der Waals surface area contributed by atoms with Crippen LogP contribution in [0.4, 0.5) is 5.13 Å². The van der Waals surface area contributed by atoms with Crippen LogP contribution in [0.2, 0.25) is 0 Å². The van der Waals surface area contributed by atoms with Gasteiger partial charge in [-0.3, -0.25) is 14.5 Å². The summed E-state index contributed by atoms with van der Waals surface area (Å²) < 4.78 is 23.3. The van der Waals surface area contributed by atoms with Crippen molar-refractivity contribution in [2.45, 2.75) is 32.4 Å². The molecule has 10 heteroatoms. The van der Waals surface area contributed by atoms with Gasteiger partial charge in [0.25, 0.3) is 5.78 Å². The van der Waals surface area contributed by atoms with E-state index in [-0.39, 0.29) is 17.4 Å². The second-order valence-corrected chi connectivity index (χ2v) is 11.1. The quantitative estimate of drug-likeness (QED) is 0.181. The normalized spacial score (nSPS) is 19.4. The molecule has 41 heavy (non-hydrogen) atoms. The number of Topliss-reactive ketones (excluding diaryl/α,β-unsaturated/α-hetero) is 1. The van der Waals surface area contributed by atoms with E-state index in [4.69, 9.17) is 23.9 Å². The van der Waals surface area contributed by atoms with Gasteiger partial charge in [-0.2, -0.15) is 0 Å². The molecule has 0 spiro atoms. The highest BCUT2D eigenvalue weighted by atomic mass is 32.1. The summed E-state index contributed by atoms with van der Waals surface area (Å²) in [6.45, 7) is 3.94. The Morgan fingerprint density at radius 1 is 1.02 bits per heavy atom. The number of amides is 1. The molecule has 1 aromatic heterocycles. The molecule has 210 valence electrons. The van der Waals surface area contributed by atoms with Gasteiger partial charge in [0.05, 0.1) is 43.2 Å². The van der Waals surface area contributed by atoms with Gasteiger partial charge in [-0.15, -0.1) is 0 Å². The third kappa shape index (κ3) is 4.35. The highest BCUT2D eigenvalue weighted by Crippen LogP contribution is 2.48. The Kier molecular flexibility index (Phi) is 6.57. The monoisotopic (exact) mass is 572 g/mol. The number of hydrogen-bond acceptors (Lipinski definition) is 9. The Hall–Kier alpha value is -4.57. The molecular formula is C31H28N2O7S. The van der Waals surface area contributed by atoms with E-state index < -0.39 is 17.7 Å². The van der Waals surface area contributed by atoms with Crippen molar-refractivity contribution >= 4 is 44.1 Å². The van der Waals surface area contributed by atoms with Crippen LogP contribution in [0.5, 0.6) is 23.0 Å². The minimum atomic E-state index is -1.02. The maximum absolute atomic E-state index is 13.7. The van der Waals surface area contributed by atoms with Gasteiger partial charge in [0, 0.05) is 12.0 Å². The number of thiazole rings is 1. The van der Waals surface area contributed by atoms with Crippen LogP contribution in [-0.4, -0.2) is 49.2 Å². The lowest BCUT2D eigenvalue weighted by Crippen LogP contribution is -2.29. The first-order valence-corrected chi connectivity index (χ1v) is 13.8. The first-order chi connectivity index (χ1) is 19.7. The van der Waals surface area contributed by atoms with Crippen LogP contribution in [0.1, 0.15) is 35.2 Å². The number of aryl methyl sites for hydroxylation is 1. The minimum absolute atomic E-state index is 0.00915. The Balaban J connectivity index is 1.59. The SMILES string of the molecule is COc1cc([C@@H]2/C(=C(\O)c3ccc4c(c3)C[C@@H](C)O4)C(=O)C(=O)N2c2nc3ccc(C)cc3s2)cc(OC)c1OC. The summed E-state index contributed by atoms with van der Waals surface area (Å²) >= 11 is 1.30. The van der Waals surface area contributed by atoms with E-state index in [0.29, 0.717) is 45.4 Å². The molecule has 3 aromatic carbocycles. The summed E-state index contributed by atoms with van der Waals surface area (Å²) in [5, 5.41) is 12.0. The van der Waals surface area contributed by atoms with Crippen LogP contribution in [0.25, 0.3) is 16.0 Å². The van der Waals surface area contributed by atoms with Crippen molar-refractivity contribution < 1.29 is 33.6 Å². The van der Waals surface area contributed by atoms with E-state index in [1.165, 1.54) is 37.6 Å². The molecule has 9 nitrogen and oxygen atoms in total. The zero-order chi connectivity index (χ0) is 29.0. The predicted octanol–water partition coefficient (Wildman–Crippen LogP) is 5.58. The molecule has 1 N–H and O–H groups in total. The molecule has 0 unspecified atom stereocenters. The maximum atomic E-state index is 13.7. The number of aliphatic hydroxyl groups is 1. The molecule has 1 saturated heterocycles. The summed E-state index contributed by atoms with van der Waals surface area (Å²) in [6.07, 6.45) is 0.682. The third-order valence-electron chi connectivity index (χ3n) is 7.36. The summed E-state index contributed by atoms with van der Waals surface area (Å²) in [5.74, 6) is -0.115. The number of nitrogens with zero attached hydrogens (tertiary/aromatic N) is 2. The molecule has 0 saturated carbocycles. The average Bonchev–Trinajstić information content (AvgIpc) is 3.63. The number of carbonyl (C=O) groups is 2. The summed E-state index contributed by atoms with van der Waals surface area (Å²) in [5.41, 5.74) is 3.50. The second kappa shape index (κ2) is 10.1. The molecule has 1 fully saturated rings. The van der Waals surface area contributed by atoms with Gasteiger partial charge in [-0.25, -0.2) is 4.98 Å². The number of methoxy groups -OCH3 is 3. The van der Waals surface area contributed by atoms with E-state index in [1.54, 1.807) is 30.3 Å². The van der Waals surface area contributed by atoms with Crippen LogP contribution >= 0.6 is 11.3 Å². The molecule has 0 bridgehead atoms. The number of carbonyl (C=O) groups excluding carboxylic acids is 2. The van der Waals surface area contributed by atoms with Crippen molar-refractivity contribution in [1.82, 2.24) is 4.98 Å². The van der Waals surface area contributed by atoms with E-state index >= 15 is 0 Å².